The third kappa shape index (κ3) is 1.59. The predicted molar refractivity (Wildman–Crippen MR) is 51.9 cm³/mol. The molecule has 0 unspecified atom stereocenters. The van der Waals surface area contributed by atoms with Gasteiger partial charge in [0.25, 0.3) is 0 Å². The molecule has 0 spiro atoms. The van der Waals surface area contributed by atoms with E-state index in [0.29, 0.717) is 11.6 Å². The van der Waals surface area contributed by atoms with Gasteiger partial charge < -0.3 is 4.42 Å². The van der Waals surface area contributed by atoms with Crippen LogP contribution < -0.4 is 0 Å². The molecule has 0 N–H and O–H groups in total. The highest BCUT2D eigenvalue weighted by molar-refractivity contribution is 7.09. The van der Waals surface area contributed by atoms with Crippen molar-refractivity contribution in [3.05, 3.63) is 22.5 Å². The minimum absolute atomic E-state index is 0.350. The van der Waals surface area contributed by atoms with E-state index >= 15 is 0 Å². The standard InChI is InChI=1S/C8H7ClN2OS/c1-5-11-7(3-13-5)8-6(2-9)10-4-12-8/h3-4H,2H2,1H3. The lowest BCUT2D eigenvalue weighted by molar-refractivity contribution is 0.569. The quantitative estimate of drug-likeness (QED) is 0.722. The van der Waals surface area contributed by atoms with E-state index in [0.717, 1.165) is 16.4 Å². The maximum atomic E-state index is 5.68. The molecule has 0 aliphatic heterocycles. The first-order valence-electron chi connectivity index (χ1n) is 3.72. The third-order valence-corrected chi connectivity index (χ3v) is 2.65. The molecule has 0 aliphatic rings. The van der Waals surface area contributed by atoms with Gasteiger partial charge in [-0.25, -0.2) is 9.97 Å². The molecule has 13 heavy (non-hydrogen) atoms. The number of rotatable bonds is 2. The fourth-order valence-corrected chi connectivity index (χ4v) is 1.82. The van der Waals surface area contributed by atoms with Crippen molar-refractivity contribution >= 4 is 22.9 Å². The van der Waals surface area contributed by atoms with E-state index in [1.807, 2.05) is 12.3 Å². The Morgan fingerprint density at radius 2 is 2.46 bits per heavy atom. The van der Waals surface area contributed by atoms with Crippen molar-refractivity contribution in [2.45, 2.75) is 12.8 Å². The zero-order valence-corrected chi connectivity index (χ0v) is 8.52. The summed E-state index contributed by atoms with van der Waals surface area (Å²) >= 11 is 7.26. The van der Waals surface area contributed by atoms with Crippen LogP contribution in [0, 0.1) is 6.92 Å². The van der Waals surface area contributed by atoms with Crippen LogP contribution in [0.25, 0.3) is 11.5 Å². The minimum atomic E-state index is 0.350. The number of aromatic nitrogens is 2. The van der Waals surface area contributed by atoms with Crippen molar-refractivity contribution in [1.82, 2.24) is 9.97 Å². The molecule has 2 heterocycles. The molecule has 2 aromatic rings. The molecule has 0 saturated carbocycles. The van der Waals surface area contributed by atoms with Gasteiger partial charge >= 0.3 is 0 Å². The highest BCUT2D eigenvalue weighted by atomic mass is 35.5. The summed E-state index contributed by atoms with van der Waals surface area (Å²) in [5.74, 6) is 1.03. The zero-order valence-electron chi connectivity index (χ0n) is 6.95. The van der Waals surface area contributed by atoms with Gasteiger partial charge in [0.1, 0.15) is 11.4 Å². The van der Waals surface area contributed by atoms with Gasteiger partial charge in [-0.3, -0.25) is 0 Å². The molecular weight excluding hydrogens is 208 g/mol. The van der Waals surface area contributed by atoms with Crippen molar-refractivity contribution in [2.75, 3.05) is 0 Å². The van der Waals surface area contributed by atoms with Crippen molar-refractivity contribution < 1.29 is 4.42 Å². The molecule has 0 fully saturated rings. The number of oxazole rings is 1. The van der Waals surface area contributed by atoms with E-state index in [4.69, 9.17) is 16.0 Å². The molecular formula is C8H7ClN2OS. The lowest BCUT2D eigenvalue weighted by Gasteiger charge is -1.91. The normalized spacial score (nSPS) is 10.6. The highest BCUT2D eigenvalue weighted by Gasteiger charge is 2.11. The van der Waals surface area contributed by atoms with Gasteiger partial charge in [0.05, 0.1) is 10.9 Å². The Morgan fingerprint density at radius 3 is 3.08 bits per heavy atom. The summed E-state index contributed by atoms with van der Waals surface area (Å²) in [6.45, 7) is 1.95. The largest absolute Gasteiger partial charge is 0.441 e. The van der Waals surface area contributed by atoms with Crippen LogP contribution in [0.2, 0.25) is 0 Å². The molecule has 0 amide bonds. The van der Waals surface area contributed by atoms with E-state index < -0.39 is 0 Å². The maximum Gasteiger partial charge on any atom is 0.181 e. The number of nitrogens with zero attached hydrogens (tertiary/aromatic N) is 2. The third-order valence-electron chi connectivity index (χ3n) is 1.62. The Kier molecular flexibility index (Phi) is 2.33. The Morgan fingerprint density at radius 1 is 1.62 bits per heavy atom. The van der Waals surface area contributed by atoms with Crippen LogP contribution in [0.1, 0.15) is 10.7 Å². The first kappa shape index (κ1) is 8.72. The minimum Gasteiger partial charge on any atom is -0.441 e. The van der Waals surface area contributed by atoms with Gasteiger partial charge in [0, 0.05) is 5.38 Å². The summed E-state index contributed by atoms with van der Waals surface area (Å²) in [6.07, 6.45) is 1.39. The monoisotopic (exact) mass is 214 g/mol. The summed E-state index contributed by atoms with van der Waals surface area (Å²) in [5.41, 5.74) is 1.56. The van der Waals surface area contributed by atoms with E-state index in [1.54, 1.807) is 11.3 Å². The number of halogens is 1. The molecule has 2 aromatic heterocycles. The number of alkyl halides is 1. The second-order valence-electron chi connectivity index (χ2n) is 2.51. The van der Waals surface area contributed by atoms with Crippen LogP contribution in [0.3, 0.4) is 0 Å². The fourth-order valence-electron chi connectivity index (χ4n) is 1.04. The molecule has 0 aromatic carbocycles. The summed E-state index contributed by atoms with van der Waals surface area (Å²) in [5, 5.41) is 2.94. The Bertz CT molecular complexity index is 410. The summed E-state index contributed by atoms with van der Waals surface area (Å²) in [4.78, 5) is 8.27. The van der Waals surface area contributed by atoms with E-state index in [2.05, 4.69) is 9.97 Å². The topological polar surface area (TPSA) is 38.9 Å². The van der Waals surface area contributed by atoms with Crippen molar-refractivity contribution in [2.24, 2.45) is 0 Å². The molecule has 3 nitrogen and oxygen atoms in total. The van der Waals surface area contributed by atoms with Crippen LogP contribution in [-0.2, 0) is 5.88 Å². The predicted octanol–water partition coefficient (Wildman–Crippen LogP) is 2.85. The molecule has 0 radical (unpaired) electrons. The van der Waals surface area contributed by atoms with Crippen LogP contribution in [0.15, 0.2) is 16.2 Å². The van der Waals surface area contributed by atoms with Crippen LogP contribution in [0.4, 0.5) is 0 Å². The van der Waals surface area contributed by atoms with E-state index in [9.17, 15) is 0 Å². The van der Waals surface area contributed by atoms with Gasteiger partial charge in [-0.15, -0.1) is 22.9 Å². The Labute approximate surface area is 84.4 Å². The first-order valence-corrected chi connectivity index (χ1v) is 5.13. The van der Waals surface area contributed by atoms with Gasteiger partial charge in [-0.05, 0) is 6.92 Å². The molecule has 68 valence electrons. The molecule has 2 rings (SSSR count). The zero-order chi connectivity index (χ0) is 9.26. The lowest BCUT2D eigenvalue weighted by Crippen LogP contribution is -1.82. The molecule has 5 heteroatoms. The average Bonchev–Trinajstić information content (AvgIpc) is 2.71. The Balaban J connectivity index is 2.45. The summed E-state index contributed by atoms with van der Waals surface area (Å²) in [7, 11) is 0. The molecule has 0 aliphatic carbocycles. The van der Waals surface area contributed by atoms with Crippen LogP contribution in [0.5, 0.6) is 0 Å². The summed E-state index contributed by atoms with van der Waals surface area (Å²) in [6, 6.07) is 0. The van der Waals surface area contributed by atoms with Gasteiger partial charge in [0.15, 0.2) is 12.2 Å². The lowest BCUT2D eigenvalue weighted by atomic mass is 10.3. The summed E-state index contributed by atoms with van der Waals surface area (Å²) < 4.78 is 5.20. The van der Waals surface area contributed by atoms with E-state index in [-0.39, 0.29) is 0 Å². The van der Waals surface area contributed by atoms with Crippen LogP contribution in [-0.4, -0.2) is 9.97 Å². The van der Waals surface area contributed by atoms with Crippen molar-refractivity contribution in [3.63, 3.8) is 0 Å². The Hall–Kier alpha value is -0.870. The number of hydrogen-bond acceptors (Lipinski definition) is 4. The number of hydrogen-bond donors (Lipinski definition) is 0. The molecule has 0 atom stereocenters. The highest BCUT2D eigenvalue weighted by Crippen LogP contribution is 2.25. The number of aryl methyl sites for hydroxylation is 1. The van der Waals surface area contributed by atoms with Gasteiger partial charge in [-0.1, -0.05) is 0 Å². The second-order valence-corrected chi connectivity index (χ2v) is 3.84. The maximum absolute atomic E-state index is 5.68. The molecule has 0 bridgehead atoms. The van der Waals surface area contributed by atoms with E-state index in [1.165, 1.54) is 6.39 Å². The fraction of sp³-hybridized carbons (Fsp3) is 0.250. The van der Waals surface area contributed by atoms with Crippen molar-refractivity contribution in [1.29, 1.82) is 0 Å². The molecule has 0 saturated heterocycles. The van der Waals surface area contributed by atoms with Gasteiger partial charge in [-0.2, -0.15) is 0 Å². The smallest absolute Gasteiger partial charge is 0.181 e. The number of thiazole rings is 1. The van der Waals surface area contributed by atoms with Crippen molar-refractivity contribution in [3.8, 4) is 11.5 Å². The SMILES string of the molecule is Cc1nc(-c2ocnc2CCl)cs1. The second kappa shape index (κ2) is 3.47. The van der Waals surface area contributed by atoms with Crippen LogP contribution >= 0.6 is 22.9 Å². The first-order chi connectivity index (χ1) is 6.31. The average molecular weight is 215 g/mol. The van der Waals surface area contributed by atoms with Gasteiger partial charge in [0.2, 0.25) is 0 Å².